The number of rotatable bonds is 3. The second-order valence-electron chi connectivity index (χ2n) is 19.8. The van der Waals surface area contributed by atoms with Gasteiger partial charge in [0.25, 0.3) is 0 Å². The van der Waals surface area contributed by atoms with Gasteiger partial charge >= 0.3 is 36.6 Å². The van der Waals surface area contributed by atoms with Gasteiger partial charge < -0.3 is 20.4 Å². The second-order valence-corrected chi connectivity index (χ2v) is 20.7. The predicted molar refractivity (Wildman–Crippen MR) is 236 cm³/mol. The molecule has 0 heterocycles. The Labute approximate surface area is 351 Å². The molecule has 0 amide bonds. The molecule has 0 radical (unpaired) electrons. The van der Waals surface area contributed by atoms with Crippen molar-refractivity contribution in [3.8, 4) is 45.3 Å². The Bertz CT molecular complexity index is 1800. The van der Waals surface area contributed by atoms with Crippen molar-refractivity contribution in [2.45, 2.75) is 167 Å². The van der Waals surface area contributed by atoms with Gasteiger partial charge in [-0.25, -0.2) is 0 Å². The summed E-state index contributed by atoms with van der Waals surface area (Å²) in [6.45, 7) is 44.7. The molecule has 0 spiro atoms. The third kappa shape index (κ3) is 10.3. The molecule has 308 valence electrons. The minimum atomic E-state index is -0.161. The van der Waals surface area contributed by atoms with Crippen LogP contribution in [0.5, 0.6) is 23.0 Å². The Balaban J connectivity index is 0.000000353. The van der Waals surface area contributed by atoms with E-state index in [0.29, 0.717) is 0 Å². The SMILES string of the molecule is CC[N]=[W].Cc1cc(C(C)(C)C)c(-c2c(C(C)(C)C)cc(C)c(C)c2O)c(O)c1C.Cc1cc(C(C)(C)C)c(-c2c(C(C)(C)C)cc(C)c(C)c2O)c(O)c1C. The van der Waals surface area contributed by atoms with Crippen molar-refractivity contribution < 1.29 is 40.1 Å². The van der Waals surface area contributed by atoms with Crippen molar-refractivity contribution in [2.24, 2.45) is 3.50 Å². The molecule has 0 aromatic heterocycles. The number of hydrogen-bond donors (Lipinski definition) is 4. The monoisotopic (exact) mass is 936 g/mol. The predicted octanol–water partition coefficient (Wildman–Crippen LogP) is 13.9. The Hall–Kier alpha value is -3.43. The van der Waals surface area contributed by atoms with Crippen LogP contribution in [0, 0.1) is 55.4 Å². The maximum Gasteiger partial charge on any atom is 0.127 e. The molecule has 0 saturated heterocycles. The molecular weight excluding hydrogens is 862 g/mol. The molecule has 0 aliphatic rings. The summed E-state index contributed by atoms with van der Waals surface area (Å²) < 4.78 is 3.82. The fraction of sp³-hybridized carbons (Fsp3) is 0.520. The Morgan fingerprint density at radius 1 is 0.393 bits per heavy atom. The number of benzene rings is 4. The molecule has 0 bridgehead atoms. The van der Waals surface area contributed by atoms with Gasteiger partial charge in [0.1, 0.15) is 23.0 Å². The summed E-state index contributed by atoms with van der Waals surface area (Å²) >= 11 is 1.33. The minimum absolute atomic E-state index is 0.161. The molecule has 4 aromatic rings. The number of hydrogen-bond acceptors (Lipinski definition) is 5. The summed E-state index contributed by atoms with van der Waals surface area (Å²) in [6, 6.07) is 8.63. The quantitative estimate of drug-likeness (QED) is 0.165. The number of nitrogens with zero attached hydrogens (tertiary/aromatic N) is 1. The molecule has 6 heteroatoms. The van der Waals surface area contributed by atoms with E-state index in [1.165, 1.54) is 19.6 Å². The standard InChI is InChI=1S/2C24H34O2.C2H5N.W/c2*1-13-11-17(23(5,6)7)19(21(25)15(13)3)20-18(24(8,9)10)12-14(2)16(4)22(20)26;1-2-3;/h2*11-12,25-26H,1-10H3;2H2,1H3;. The van der Waals surface area contributed by atoms with Crippen LogP contribution in [0.1, 0.15) is 157 Å². The molecule has 5 nitrogen and oxygen atoms in total. The molecule has 0 aliphatic carbocycles. The molecule has 0 saturated carbocycles. The molecule has 0 fully saturated rings. The van der Waals surface area contributed by atoms with Crippen LogP contribution < -0.4 is 0 Å². The first-order valence-corrected chi connectivity index (χ1v) is 21.2. The van der Waals surface area contributed by atoms with E-state index >= 15 is 0 Å². The zero-order valence-corrected chi connectivity index (χ0v) is 41.6. The van der Waals surface area contributed by atoms with E-state index in [4.69, 9.17) is 0 Å². The fourth-order valence-electron chi connectivity index (χ4n) is 6.97. The topological polar surface area (TPSA) is 93.3 Å². The first-order valence-electron chi connectivity index (χ1n) is 19.9. The Morgan fingerprint density at radius 3 is 0.643 bits per heavy atom. The van der Waals surface area contributed by atoms with Crippen molar-refractivity contribution in [3.63, 3.8) is 0 Å². The van der Waals surface area contributed by atoms with Crippen LogP contribution in [0.3, 0.4) is 0 Å². The molecule has 4 N–H and O–H groups in total. The molecule has 56 heavy (non-hydrogen) atoms. The molecule has 4 rings (SSSR count). The molecular formula is C50H73NO4W. The Kier molecular flexibility index (Phi) is 15.3. The normalized spacial score (nSPS) is 12.1. The summed E-state index contributed by atoms with van der Waals surface area (Å²) in [5.74, 6) is 1.11. The zero-order valence-electron chi connectivity index (χ0n) is 38.7. The third-order valence-corrected chi connectivity index (χ3v) is 12.0. The maximum absolute atomic E-state index is 11.1. The van der Waals surface area contributed by atoms with Gasteiger partial charge in [0.15, 0.2) is 0 Å². The average Bonchev–Trinajstić information content (AvgIpc) is 3.06. The van der Waals surface area contributed by atoms with Crippen molar-refractivity contribution >= 4 is 0 Å². The summed E-state index contributed by atoms with van der Waals surface area (Å²) in [4.78, 5) is 0. The van der Waals surface area contributed by atoms with Crippen molar-refractivity contribution in [3.05, 3.63) is 91.0 Å². The van der Waals surface area contributed by atoms with Crippen molar-refractivity contribution in [1.82, 2.24) is 0 Å². The van der Waals surface area contributed by atoms with Crippen LogP contribution in [0.15, 0.2) is 27.8 Å². The first kappa shape index (κ1) is 48.7. The molecule has 0 atom stereocenters. The Morgan fingerprint density at radius 2 is 0.536 bits per heavy atom. The number of aryl methyl sites for hydroxylation is 4. The fourth-order valence-corrected chi connectivity index (χ4v) is 6.97. The average molecular weight is 936 g/mol. The van der Waals surface area contributed by atoms with Gasteiger partial charge in [-0.3, -0.25) is 0 Å². The van der Waals surface area contributed by atoms with Gasteiger partial charge in [-0.15, -0.1) is 0 Å². The van der Waals surface area contributed by atoms with Crippen molar-refractivity contribution in [2.75, 3.05) is 6.54 Å². The second kappa shape index (κ2) is 17.6. The first-order chi connectivity index (χ1) is 25.3. The van der Waals surface area contributed by atoms with Gasteiger partial charge in [0.2, 0.25) is 0 Å². The van der Waals surface area contributed by atoms with Crippen LogP contribution in [0.25, 0.3) is 22.3 Å². The van der Waals surface area contributed by atoms with Gasteiger partial charge in [0, 0.05) is 22.3 Å². The molecule has 0 aliphatic heterocycles. The van der Waals surface area contributed by atoms with Gasteiger partial charge in [-0.05, 0) is 144 Å². The van der Waals surface area contributed by atoms with E-state index in [2.05, 4.69) is 111 Å². The van der Waals surface area contributed by atoms with Crippen LogP contribution in [-0.2, 0) is 41.3 Å². The van der Waals surface area contributed by atoms with Gasteiger partial charge in [-0.1, -0.05) is 107 Å². The summed E-state index contributed by atoms with van der Waals surface area (Å²) in [5, 5.41) is 44.6. The third-order valence-electron chi connectivity index (χ3n) is 11.1. The number of phenols is 4. The van der Waals surface area contributed by atoms with Crippen molar-refractivity contribution in [1.29, 1.82) is 0 Å². The zero-order chi connectivity index (χ0) is 43.8. The van der Waals surface area contributed by atoms with Gasteiger partial charge in [-0.2, -0.15) is 0 Å². The van der Waals surface area contributed by atoms with E-state index in [1.807, 2.05) is 62.3 Å². The van der Waals surface area contributed by atoms with Crippen LogP contribution >= 0.6 is 0 Å². The van der Waals surface area contributed by atoms with Crippen LogP contribution in [0.4, 0.5) is 0 Å². The van der Waals surface area contributed by atoms with E-state index in [-0.39, 0.29) is 44.7 Å². The maximum atomic E-state index is 11.1. The summed E-state index contributed by atoms with van der Waals surface area (Å²) in [7, 11) is 0. The van der Waals surface area contributed by atoms with Crippen LogP contribution in [0.2, 0.25) is 0 Å². The van der Waals surface area contributed by atoms with E-state index < -0.39 is 0 Å². The minimum Gasteiger partial charge on any atom is -0.507 e. The van der Waals surface area contributed by atoms with E-state index in [1.54, 1.807) is 0 Å². The van der Waals surface area contributed by atoms with E-state index in [0.717, 1.165) is 95.6 Å². The number of aromatic hydroxyl groups is 4. The van der Waals surface area contributed by atoms with Crippen LogP contribution in [-0.4, -0.2) is 27.0 Å². The number of phenolic OH excluding ortho intramolecular Hbond substituents is 4. The molecule has 0 unspecified atom stereocenters. The van der Waals surface area contributed by atoms with Gasteiger partial charge in [0.05, 0.1) is 0 Å². The van der Waals surface area contributed by atoms with E-state index in [9.17, 15) is 20.4 Å². The summed E-state index contributed by atoms with van der Waals surface area (Å²) in [5.41, 5.74) is 14.4. The largest absolute Gasteiger partial charge is 0.507 e. The smallest absolute Gasteiger partial charge is 0.127 e. The molecule has 4 aromatic carbocycles. The summed E-state index contributed by atoms with van der Waals surface area (Å²) in [6.07, 6.45) is 0.